The Morgan fingerprint density at radius 2 is 2.00 bits per heavy atom. The Morgan fingerprint density at radius 1 is 1.23 bits per heavy atom. The smallest absolute Gasteiger partial charge is 0.243 e. The van der Waals surface area contributed by atoms with Crippen LogP contribution >= 0.6 is 0 Å². The lowest BCUT2D eigenvalue weighted by Crippen LogP contribution is -2.14. The maximum absolute atomic E-state index is 6.05. The Labute approximate surface area is 129 Å². The summed E-state index contributed by atoms with van der Waals surface area (Å²) in [7, 11) is 0. The van der Waals surface area contributed by atoms with Crippen molar-refractivity contribution in [3.63, 3.8) is 0 Å². The van der Waals surface area contributed by atoms with Gasteiger partial charge in [0.15, 0.2) is 5.82 Å². The quantitative estimate of drug-likeness (QED) is 0.755. The van der Waals surface area contributed by atoms with Gasteiger partial charge in [-0.3, -0.25) is 0 Å². The molecule has 2 aromatic heterocycles. The van der Waals surface area contributed by atoms with Gasteiger partial charge in [-0.2, -0.15) is 4.98 Å². The highest BCUT2D eigenvalue weighted by Crippen LogP contribution is 2.14. The van der Waals surface area contributed by atoms with E-state index in [0.29, 0.717) is 24.6 Å². The van der Waals surface area contributed by atoms with Crippen LogP contribution in [0.5, 0.6) is 0 Å². The number of nitrogens with one attached hydrogen (secondary N) is 1. The summed E-state index contributed by atoms with van der Waals surface area (Å²) < 4.78 is 5.23. The zero-order chi connectivity index (χ0) is 15.8. The van der Waals surface area contributed by atoms with E-state index in [0.717, 1.165) is 11.3 Å². The fourth-order valence-corrected chi connectivity index (χ4v) is 1.99. The Bertz CT molecular complexity index is 648. The molecular formula is C16H21N5O. The number of nitrogens with zero attached hydrogens (tertiary/aromatic N) is 3. The van der Waals surface area contributed by atoms with Gasteiger partial charge < -0.3 is 15.2 Å². The second-order valence-corrected chi connectivity index (χ2v) is 4.60. The molecule has 0 aliphatic carbocycles. The Balaban J connectivity index is 0.000000847. The first-order valence-electron chi connectivity index (χ1n) is 7.40. The topological polar surface area (TPSA) is 93.6 Å². The van der Waals surface area contributed by atoms with Gasteiger partial charge in [-0.15, -0.1) is 0 Å². The van der Waals surface area contributed by atoms with Gasteiger partial charge in [-0.05, 0) is 5.56 Å². The average molecular weight is 299 g/mol. The third-order valence-corrected chi connectivity index (χ3v) is 3.00. The second-order valence-electron chi connectivity index (χ2n) is 4.60. The summed E-state index contributed by atoms with van der Waals surface area (Å²) >= 11 is 0. The van der Waals surface area contributed by atoms with Gasteiger partial charge in [0.05, 0.1) is 12.4 Å². The van der Waals surface area contributed by atoms with Gasteiger partial charge in [0.25, 0.3) is 0 Å². The molecular weight excluding hydrogens is 278 g/mol. The molecule has 0 saturated carbocycles. The first kappa shape index (κ1) is 15.9. The maximum atomic E-state index is 6.05. The molecule has 0 fully saturated rings. The second kappa shape index (κ2) is 8.09. The van der Waals surface area contributed by atoms with Crippen molar-refractivity contribution in [2.75, 3.05) is 0 Å². The molecule has 116 valence electrons. The van der Waals surface area contributed by atoms with Crippen LogP contribution in [0.1, 0.15) is 42.9 Å². The lowest BCUT2D eigenvalue weighted by molar-refractivity contribution is 0.350. The van der Waals surface area contributed by atoms with E-state index in [2.05, 4.69) is 20.1 Å². The van der Waals surface area contributed by atoms with Crippen LogP contribution in [0.2, 0.25) is 0 Å². The molecule has 3 N–H and O–H groups in total. The minimum absolute atomic E-state index is 0.326. The molecule has 3 aromatic rings. The Kier molecular flexibility index (Phi) is 5.85. The number of hydrogen-bond acceptors (Lipinski definition) is 5. The number of rotatable bonds is 5. The molecule has 0 bridgehead atoms. The van der Waals surface area contributed by atoms with Gasteiger partial charge >= 0.3 is 0 Å². The van der Waals surface area contributed by atoms with Crippen molar-refractivity contribution in [1.29, 1.82) is 0 Å². The summed E-state index contributed by atoms with van der Waals surface area (Å²) in [6.45, 7) is 4.00. The zero-order valence-corrected chi connectivity index (χ0v) is 12.9. The van der Waals surface area contributed by atoms with Crippen LogP contribution in [-0.4, -0.2) is 20.1 Å². The highest BCUT2D eigenvalue weighted by Gasteiger charge is 2.16. The minimum atomic E-state index is -0.326. The molecule has 22 heavy (non-hydrogen) atoms. The van der Waals surface area contributed by atoms with Crippen LogP contribution in [0.15, 0.2) is 47.4 Å². The lowest BCUT2D eigenvalue weighted by Gasteiger charge is -2.03. The van der Waals surface area contributed by atoms with E-state index < -0.39 is 0 Å². The van der Waals surface area contributed by atoms with Gasteiger partial charge in [-0.1, -0.05) is 49.3 Å². The van der Waals surface area contributed by atoms with Crippen LogP contribution < -0.4 is 5.73 Å². The predicted molar refractivity (Wildman–Crippen MR) is 84.1 cm³/mol. The summed E-state index contributed by atoms with van der Waals surface area (Å²) in [6.07, 6.45) is 4.59. The first-order chi connectivity index (χ1) is 10.8. The average Bonchev–Trinajstić information content (AvgIpc) is 3.22. The molecule has 0 radical (unpaired) electrons. The van der Waals surface area contributed by atoms with Crippen molar-refractivity contribution in [3.05, 3.63) is 65.8 Å². The highest BCUT2D eigenvalue weighted by atomic mass is 16.5. The number of aromatic nitrogens is 4. The van der Waals surface area contributed by atoms with Crippen molar-refractivity contribution in [1.82, 2.24) is 20.1 Å². The summed E-state index contributed by atoms with van der Waals surface area (Å²) in [5.41, 5.74) is 8.13. The monoisotopic (exact) mass is 299 g/mol. The Morgan fingerprint density at radius 3 is 2.68 bits per heavy atom. The fourth-order valence-electron chi connectivity index (χ4n) is 1.99. The van der Waals surface area contributed by atoms with Gasteiger partial charge in [-0.25, -0.2) is 4.98 Å². The predicted octanol–water partition coefficient (Wildman–Crippen LogP) is 2.65. The number of H-pyrrole nitrogens is 1. The lowest BCUT2D eigenvalue weighted by atomic mass is 10.1. The number of hydrogen-bond donors (Lipinski definition) is 2. The van der Waals surface area contributed by atoms with E-state index in [-0.39, 0.29) is 6.04 Å². The van der Waals surface area contributed by atoms with Crippen LogP contribution in [0.4, 0.5) is 0 Å². The summed E-state index contributed by atoms with van der Waals surface area (Å²) in [5.74, 6) is 1.09. The van der Waals surface area contributed by atoms with E-state index >= 15 is 0 Å². The first-order valence-corrected chi connectivity index (χ1v) is 7.40. The number of aromatic amines is 1. The van der Waals surface area contributed by atoms with Gasteiger partial charge in [0.2, 0.25) is 5.89 Å². The van der Waals surface area contributed by atoms with Crippen molar-refractivity contribution < 1.29 is 4.52 Å². The summed E-state index contributed by atoms with van der Waals surface area (Å²) in [6, 6.07) is 9.68. The minimum Gasteiger partial charge on any atom is -0.348 e. The summed E-state index contributed by atoms with van der Waals surface area (Å²) in [5, 5.41) is 3.97. The molecule has 1 aromatic carbocycles. The standard InChI is InChI=1S/C14H15N5O.C2H6/c15-12(7-11-8-16-9-17-11)14-18-13(19-20-14)6-10-4-2-1-3-5-10;1-2/h1-5,8-9,12H,6-7,15H2,(H,16,17);1-2H3. The molecule has 0 saturated heterocycles. The highest BCUT2D eigenvalue weighted by molar-refractivity contribution is 5.18. The molecule has 1 unspecified atom stereocenters. The molecule has 0 aliphatic heterocycles. The van der Waals surface area contributed by atoms with Crippen LogP contribution in [0.25, 0.3) is 0 Å². The third kappa shape index (κ3) is 4.26. The molecule has 3 rings (SSSR count). The molecule has 0 spiro atoms. The molecule has 0 amide bonds. The SMILES string of the molecule is CC.NC(Cc1cnc[nH]1)c1nc(Cc2ccccc2)no1. The van der Waals surface area contributed by atoms with E-state index in [9.17, 15) is 0 Å². The zero-order valence-electron chi connectivity index (χ0n) is 12.9. The molecule has 6 nitrogen and oxygen atoms in total. The fraction of sp³-hybridized carbons (Fsp3) is 0.312. The molecule has 2 heterocycles. The molecule has 6 heteroatoms. The van der Waals surface area contributed by atoms with Crippen molar-refractivity contribution in [2.24, 2.45) is 5.73 Å². The third-order valence-electron chi connectivity index (χ3n) is 3.00. The maximum Gasteiger partial charge on any atom is 0.243 e. The van der Waals surface area contributed by atoms with E-state index in [1.54, 1.807) is 12.5 Å². The number of imidazole rings is 1. The van der Waals surface area contributed by atoms with Crippen LogP contribution in [0.3, 0.4) is 0 Å². The molecule has 1 atom stereocenters. The van der Waals surface area contributed by atoms with Crippen molar-refractivity contribution >= 4 is 0 Å². The van der Waals surface area contributed by atoms with E-state index in [1.165, 1.54) is 0 Å². The van der Waals surface area contributed by atoms with Gasteiger partial charge in [0.1, 0.15) is 0 Å². The number of nitrogens with two attached hydrogens (primary N) is 1. The van der Waals surface area contributed by atoms with E-state index in [4.69, 9.17) is 10.3 Å². The normalized spacial score (nSPS) is 11.6. The Hall–Kier alpha value is -2.47. The van der Waals surface area contributed by atoms with Crippen molar-refractivity contribution in [2.45, 2.75) is 32.7 Å². The van der Waals surface area contributed by atoms with Crippen LogP contribution in [-0.2, 0) is 12.8 Å². The number of benzene rings is 1. The van der Waals surface area contributed by atoms with E-state index in [1.807, 2.05) is 44.2 Å². The summed E-state index contributed by atoms with van der Waals surface area (Å²) in [4.78, 5) is 11.3. The van der Waals surface area contributed by atoms with Crippen LogP contribution in [0, 0.1) is 0 Å². The van der Waals surface area contributed by atoms with Gasteiger partial charge in [0, 0.05) is 24.7 Å². The van der Waals surface area contributed by atoms with Crippen molar-refractivity contribution in [3.8, 4) is 0 Å². The molecule has 0 aliphatic rings. The largest absolute Gasteiger partial charge is 0.348 e.